The molecule has 7 nitrogen and oxygen atoms in total. The first-order valence-corrected chi connectivity index (χ1v) is 6.24. The molecule has 0 rings (SSSR count). The predicted molar refractivity (Wildman–Crippen MR) is 68.9 cm³/mol. The quantitative estimate of drug-likeness (QED) is 0.649. The number of amides is 2. The Morgan fingerprint density at radius 2 is 1.68 bits per heavy atom. The summed E-state index contributed by atoms with van der Waals surface area (Å²) in [5.74, 6) is -0.0358. The summed E-state index contributed by atoms with van der Waals surface area (Å²) in [4.78, 5) is 33.5. The van der Waals surface area contributed by atoms with Crippen molar-refractivity contribution in [2.45, 2.75) is 38.6 Å². The summed E-state index contributed by atoms with van der Waals surface area (Å²) >= 11 is 0. The number of hydrogen-bond donors (Lipinski definition) is 2. The van der Waals surface area contributed by atoms with Gasteiger partial charge in [-0.3, -0.25) is 4.79 Å². The lowest BCUT2D eigenvalue weighted by Gasteiger charge is -2.16. The number of alkyl carbamates (subject to hydrolysis) is 2. The summed E-state index contributed by atoms with van der Waals surface area (Å²) < 4.78 is 8.90. The fourth-order valence-electron chi connectivity index (χ4n) is 1.50. The van der Waals surface area contributed by atoms with Gasteiger partial charge in [0, 0.05) is 13.0 Å². The van der Waals surface area contributed by atoms with Crippen LogP contribution in [0.4, 0.5) is 9.59 Å². The van der Waals surface area contributed by atoms with Crippen LogP contribution in [0.1, 0.15) is 32.6 Å². The Kier molecular flexibility index (Phi) is 9.20. The smallest absolute Gasteiger partial charge is 0.407 e. The highest BCUT2D eigenvalue weighted by molar-refractivity contribution is 5.87. The van der Waals surface area contributed by atoms with E-state index in [1.54, 1.807) is 6.92 Å². The van der Waals surface area contributed by atoms with E-state index in [1.807, 2.05) is 0 Å². The first-order valence-electron chi connectivity index (χ1n) is 6.24. The number of rotatable bonds is 8. The summed E-state index contributed by atoms with van der Waals surface area (Å²) in [6, 6.07) is -0.532. The van der Waals surface area contributed by atoms with Gasteiger partial charge in [0.15, 0.2) is 5.78 Å². The van der Waals surface area contributed by atoms with Crippen LogP contribution < -0.4 is 10.6 Å². The lowest BCUT2D eigenvalue weighted by Crippen LogP contribution is -2.40. The zero-order valence-electron chi connectivity index (χ0n) is 11.7. The first-order chi connectivity index (χ1) is 9.04. The third-order valence-corrected chi connectivity index (χ3v) is 2.59. The van der Waals surface area contributed by atoms with E-state index in [0.717, 1.165) is 0 Å². The molecule has 2 amide bonds. The molecule has 1 atom stereocenters. The molecular formula is C12H22N2O5. The van der Waals surface area contributed by atoms with E-state index in [4.69, 9.17) is 0 Å². The summed E-state index contributed by atoms with van der Waals surface area (Å²) in [6.07, 6.45) is 1.18. The number of ketones is 1. The number of hydrogen-bond acceptors (Lipinski definition) is 5. The van der Waals surface area contributed by atoms with E-state index in [2.05, 4.69) is 20.1 Å². The van der Waals surface area contributed by atoms with Crippen molar-refractivity contribution in [3.05, 3.63) is 0 Å². The number of ether oxygens (including phenoxy) is 2. The SMILES string of the molecule is CCC(=O)[C@H](CCCCNC(=O)OC)NC(=O)OC. The topological polar surface area (TPSA) is 93.7 Å². The lowest BCUT2D eigenvalue weighted by atomic mass is 10.0. The zero-order chi connectivity index (χ0) is 14.7. The first kappa shape index (κ1) is 17.2. The molecule has 0 aromatic heterocycles. The van der Waals surface area contributed by atoms with Gasteiger partial charge in [0.25, 0.3) is 0 Å². The van der Waals surface area contributed by atoms with Crippen LogP contribution in [0.2, 0.25) is 0 Å². The average Bonchev–Trinajstić information content (AvgIpc) is 2.43. The van der Waals surface area contributed by atoms with Gasteiger partial charge in [-0.15, -0.1) is 0 Å². The monoisotopic (exact) mass is 274 g/mol. The van der Waals surface area contributed by atoms with Crippen LogP contribution in [0.25, 0.3) is 0 Å². The Balaban J connectivity index is 3.96. The van der Waals surface area contributed by atoms with E-state index in [0.29, 0.717) is 32.2 Å². The second-order valence-electron chi connectivity index (χ2n) is 3.92. The van der Waals surface area contributed by atoms with E-state index in [1.165, 1.54) is 14.2 Å². The Hall–Kier alpha value is -1.79. The van der Waals surface area contributed by atoms with Crippen LogP contribution in [-0.4, -0.2) is 44.8 Å². The molecule has 0 spiro atoms. The van der Waals surface area contributed by atoms with Crippen molar-refractivity contribution in [3.63, 3.8) is 0 Å². The van der Waals surface area contributed by atoms with Crippen LogP contribution in [0.5, 0.6) is 0 Å². The van der Waals surface area contributed by atoms with E-state index >= 15 is 0 Å². The van der Waals surface area contributed by atoms with Gasteiger partial charge in [-0.1, -0.05) is 6.92 Å². The maximum absolute atomic E-state index is 11.6. The highest BCUT2D eigenvalue weighted by Crippen LogP contribution is 2.04. The van der Waals surface area contributed by atoms with Gasteiger partial charge >= 0.3 is 12.2 Å². The molecule has 0 fully saturated rings. The zero-order valence-corrected chi connectivity index (χ0v) is 11.7. The molecule has 0 unspecified atom stereocenters. The van der Waals surface area contributed by atoms with Crippen molar-refractivity contribution in [2.24, 2.45) is 0 Å². The summed E-state index contributed by atoms with van der Waals surface area (Å²) in [7, 11) is 2.55. The molecule has 0 aliphatic carbocycles. The number of carbonyl (C=O) groups excluding carboxylic acids is 3. The number of methoxy groups -OCH3 is 2. The molecule has 0 saturated carbocycles. The van der Waals surface area contributed by atoms with Crippen LogP contribution in [0, 0.1) is 0 Å². The molecule has 0 bridgehead atoms. The van der Waals surface area contributed by atoms with Gasteiger partial charge in [-0.05, 0) is 19.3 Å². The second kappa shape index (κ2) is 10.2. The normalized spacial score (nSPS) is 11.3. The van der Waals surface area contributed by atoms with E-state index in [9.17, 15) is 14.4 Å². The van der Waals surface area contributed by atoms with Gasteiger partial charge in [-0.2, -0.15) is 0 Å². The summed E-state index contributed by atoms with van der Waals surface area (Å²) in [6.45, 7) is 2.21. The summed E-state index contributed by atoms with van der Waals surface area (Å²) in [5, 5.41) is 5.05. The van der Waals surface area contributed by atoms with Crippen molar-refractivity contribution in [3.8, 4) is 0 Å². The largest absolute Gasteiger partial charge is 0.453 e. The van der Waals surface area contributed by atoms with Crippen LogP contribution in [0.15, 0.2) is 0 Å². The average molecular weight is 274 g/mol. The Morgan fingerprint density at radius 3 is 2.21 bits per heavy atom. The molecule has 0 aromatic rings. The molecule has 0 aliphatic rings. The Morgan fingerprint density at radius 1 is 1.05 bits per heavy atom. The van der Waals surface area contributed by atoms with Crippen molar-refractivity contribution in [1.82, 2.24) is 10.6 Å². The molecule has 0 aromatic carbocycles. The fraction of sp³-hybridized carbons (Fsp3) is 0.750. The van der Waals surface area contributed by atoms with E-state index in [-0.39, 0.29) is 5.78 Å². The molecule has 7 heteroatoms. The van der Waals surface area contributed by atoms with Gasteiger partial charge in [-0.25, -0.2) is 9.59 Å². The molecule has 110 valence electrons. The number of carbonyl (C=O) groups is 3. The minimum atomic E-state index is -0.612. The van der Waals surface area contributed by atoms with E-state index < -0.39 is 18.2 Å². The van der Waals surface area contributed by atoms with Crippen molar-refractivity contribution >= 4 is 18.0 Å². The van der Waals surface area contributed by atoms with Crippen LogP contribution in [-0.2, 0) is 14.3 Å². The maximum Gasteiger partial charge on any atom is 0.407 e. The fourth-order valence-corrected chi connectivity index (χ4v) is 1.50. The molecular weight excluding hydrogens is 252 g/mol. The molecule has 0 heterocycles. The number of Topliss-reactive ketones (excluding diaryl/α,β-unsaturated/α-hetero) is 1. The molecule has 0 saturated heterocycles. The number of nitrogens with one attached hydrogen (secondary N) is 2. The Labute approximate surface area is 113 Å². The minimum absolute atomic E-state index is 0.0358. The lowest BCUT2D eigenvalue weighted by molar-refractivity contribution is -0.120. The standard InChI is InChI=1S/C12H22N2O5/c1-4-10(15)9(14-12(17)19-3)7-5-6-8-13-11(16)18-2/h9H,4-8H2,1-3H3,(H,13,16)(H,14,17)/t9-/m0/s1. The number of unbranched alkanes of at least 4 members (excludes halogenated alkanes) is 1. The predicted octanol–water partition coefficient (Wildman–Crippen LogP) is 1.22. The second-order valence-corrected chi connectivity index (χ2v) is 3.92. The van der Waals surface area contributed by atoms with Gasteiger partial charge < -0.3 is 20.1 Å². The summed E-state index contributed by atoms with van der Waals surface area (Å²) in [5.41, 5.74) is 0. The van der Waals surface area contributed by atoms with Gasteiger partial charge in [0.05, 0.1) is 20.3 Å². The third-order valence-electron chi connectivity index (χ3n) is 2.59. The highest BCUT2D eigenvalue weighted by atomic mass is 16.5. The Bertz CT molecular complexity index is 306. The van der Waals surface area contributed by atoms with Crippen molar-refractivity contribution in [1.29, 1.82) is 0 Å². The van der Waals surface area contributed by atoms with Gasteiger partial charge in [0.1, 0.15) is 0 Å². The maximum atomic E-state index is 11.6. The van der Waals surface area contributed by atoms with Crippen molar-refractivity contribution < 1.29 is 23.9 Å². The minimum Gasteiger partial charge on any atom is -0.453 e. The molecule has 0 aliphatic heterocycles. The van der Waals surface area contributed by atoms with Crippen LogP contribution >= 0.6 is 0 Å². The third kappa shape index (κ3) is 8.01. The highest BCUT2D eigenvalue weighted by Gasteiger charge is 2.18. The van der Waals surface area contributed by atoms with Crippen molar-refractivity contribution in [2.75, 3.05) is 20.8 Å². The van der Waals surface area contributed by atoms with Crippen LogP contribution in [0.3, 0.4) is 0 Å². The molecule has 2 N–H and O–H groups in total. The molecule has 0 radical (unpaired) electrons. The van der Waals surface area contributed by atoms with Gasteiger partial charge in [0.2, 0.25) is 0 Å². The molecule has 19 heavy (non-hydrogen) atoms.